The van der Waals surface area contributed by atoms with Gasteiger partial charge >= 0.3 is 11.9 Å². The van der Waals surface area contributed by atoms with Gasteiger partial charge in [-0.15, -0.1) is 0 Å². The van der Waals surface area contributed by atoms with E-state index < -0.39 is 38.3 Å². The monoisotopic (exact) mass is 340 g/mol. The third-order valence-electron chi connectivity index (χ3n) is 3.20. The van der Waals surface area contributed by atoms with Crippen LogP contribution in [0.1, 0.15) is 18.5 Å². The Balaban J connectivity index is 2.10. The maximum absolute atomic E-state index is 12.3. The Morgan fingerprint density at radius 3 is 2.35 bits per heavy atom. The second-order valence-corrected chi connectivity index (χ2v) is 7.24. The molecule has 23 heavy (non-hydrogen) atoms. The van der Waals surface area contributed by atoms with Gasteiger partial charge in [0.1, 0.15) is 0 Å². The lowest BCUT2D eigenvalue weighted by Crippen LogP contribution is -2.31. The minimum Gasteiger partial charge on any atom is -0.481 e. The number of nitrogens with one attached hydrogen (secondary N) is 2. The minimum absolute atomic E-state index is 0.253. The number of carboxylic acid groups (broad SMARTS) is 2. The molecule has 0 aliphatic rings. The molecule has 0 aliphatic heterocycles. The van der Waals surface area contributed by atoms with Crippen molar-refractivity contribution in [3.8, 4) is 0 Å². The molecule has 9 heteroatoms. The molecule has 2 aromatic rings. The third-order valence-corrected chi connectivity index (χ3v) is 4.73. The van der Waals surface area contributed by atoms with E-state index in [1.807, 2.05) is 24.3 Å². The molecule has 2 rings (SSSR count). The number of fused-ring (bicyclic) bond motifs is 1. The summed E-state index contributed by atoms with van der Waals surface area (Å²) < 4.78 is 12.3. The van der Waals surface area contributed by atoms with Gasteiger partial charge in [-0.05, 0) is 17.5 Å². The Morgan fingerprint density at radius 1 is 1.17 bits per heavy atom. The number of aromatic nitrogens is 1. The summed E-state index contributed by atoms with van der Waals surface area (Å²) in [7, 11) is -3.95. The van der Waals surface area contributed by atoms with Crippen LogP contribution in [0.4, 0.5) is 0 Å². The highest BCUT2D eigenvalue weighted by molar-refractivity contribution is 7.55. The number of hydrogen-bond acceptors (Lipinski definition) is 3. The summed E-state index contributed by atoms with van der Waals surface area (Å²) in [6.45, 7) is 0. The number of hydrogen-bond donors (Lipinski definition) is 5. The van der Waals surface area contributed by atoms with Gasteiger partial charge in [0, 0.05) is 17.3 Å². The Labute approximate surface area is 131 Å². The van der Waals surface area contributed by atoms with E-state index >= 15 is 0 Å². The van der Waals surface area contributed by atoms with Crippen LogP contribution in [0, 0.1) is 0 Å². The van der Waals surface area contributed by atoms with E-state index in [2.05, 4.69) is 10.1 Å². The van der Waals surface area contributed by atoms with E-state index in [1.54, 1.807) is 6.07 Å². The number of carbonyl (C=O) groups is 2. The molecule has 0 amide bonds. The molecule has 0 saturated carbocycles. The number of aliphatic carboxylic acids is 2. The van der Waals surface area contributed by atoms with Gasteiger partial charge in [-0.2, -0.15) is 0 Å². The maximum Gasteiger partial charge on any atom is 0.304 e. The highest BCUT2D eigenvalue weighted by atomic mass is 31.2. The lowest BCUT2D eigenvalue weighted by Gasteiger charge is -2.19. The molecule has 0 saturated heterocycles. The van der Waals surface area contributed by atoms with Gasteiger partial charge in [-0.1, -0.05) is 18.2 Å². The molecule has 0 bridgehead atoms. The molecule has 124 valence electrons. The lowest BCUT2D eigenvalue weighted by atomic mass is 10.1. The van der Waals surface area contributed by atoms with Crippen molar-refractivity contribution in [2.24, 2.45) is 0 Å². The molecule has 1 heterocycles. The molecule has 0 spiro atoms. The van der Waals surface area contributed by atoms with Gasteiger partial charge in [-0.25, -0.2) is 5.09 Å². The normalized spacial score (nSPS) is 14.0. The average molecular weight is 340 g/mol. The van der Waals surface area contributed by atoms with Crippen molar-refractivity contribution in [2.45, 2.75) is 25.0 Å². The first kappa shape index (κ1) is 17.2. The Bertz CT molecular complexity index is 722. The zero-order chi connectivity index (χ0) is 17.0. The molecule has 5 N–H and O–H groups in total. The highest BCUT2D eigenvalue weighted by Crippen LogP contribution is 2.41. The first-order valence-electron chi connectivity index (χ1n) is 6.85. The largest absolute Gasteiger partial charge is 0.481 e. The van der Waals surface area contributed by atoms with Gasteiger partial charge in [0.15, 0.2) is 0 Å². The van der Waals surface area contributed by atoms with Crippen molar-refractivity contribution < 1.29 is 29.3 Å². The fraction of sp³-hybridized carbons (Fsp3) is 0.286. The van der Waals surface area contributed by atoms with Crippen LogP contribution in [0.15, 0.2) is 30.3 Å². The van der Waals surface area contributed by atoms with Gasteiger partial charge < -0.3 is 20.1 Å². The number of para-hydroxylation sites is 1. The van der Waals surface area contributed by atoms with Crippen molar-refractivity contribution in [3.05, 3.63) is 36.0 Å². The van der Waals surface area contributed by atoms with Crippen LogP contribution in [0.2, 0.25) is 0 Å². The van der Waals surface area contributed by atoms with Crippen molar-refractivity contribution in [2.75, 3.05) is 0 Å². The first-order chi connectivity index (χ1) is 10.7. The maximum atomic E-state index is 12.3. The van der Waals surface area contributed by atoms with E-state index in [4.69, 9.17) is 10.2 Å². The molecule has 1 aromatic carbocycles. The van der Waals surface area contributed by atoms with Crippen LogP contribution in [0.25, 0.3) is 10.9 Å². The lowest BCUT2D eigenvalue weighted by molar-refractivity contribution is -0.139. The number of benzene rings is 1. The Morgan fingerprint density at radius 2 is 1.78 bits per heavy atom. The molecular weight excluding hydrogens is 323 g/mol. The third kappa shape index (κ3) is 5.21. The molecular formula is C14H17N2O6P. The molecule has 8 nitrogen and oxygen atoms in total. The minimum atomic E-state index is -3.95. The summed E-state index contributed by atoms with van der Waals surface area (Å²) in [5.41, 5.74) is 1.32. The summed E-state index contributed by atoms with van der Waals surface area (Å²) in [4.78, 5) is 34.5. The summed E-state index contributed by atoms with van der Waals surface area (Å²) in [5.74, 6) is -2.48. The van der Waals surface area contributed by atoms with Crippen molar-refractivity contribution in [1.29, 1.82) is 0 Å². The molecule has 0 radical (unpaired) electrons. The van der Waals surface area contributed by atoms with Crippen LogP contribution in [0.5, 0.6) is 0 Å². The summed E-state index contributed by atoms with van der Waals surface area (Å²) in [5, 5.41) is 20.7. The topological polar surface area (TPSA) is 140 Å². The first-order valence-corrected chi connectivity index (χ1v) is 8.69. The van der Waals surface area contributed by atoms with Crippen LogP contribution in [0.3, 0.4) is 0 Å². The quantitative estimate of drug-likeness (QED) is 0.461. The van der Waals surface area contributed by atoms with Gasteiger partial charge in [0.05, 0.1) is 19.0 Å². The molecule has 1 atom stereocenters. The number of H-pyrrole nitrogens is 1. The molecule has 1 aromatic heterocycles. The summed E-state index contributed by atoms with van der Waals surface area (Å²) in [6, 6.07) is 7.95. The zero-order valence-corrected chi connectivity index (χ0v) is 13.0. The average Bonchev–Trinajstić information content (AvgIpc) is 2.76. The Hall–Kier alpha value is -2.15. The van der Waals surface area contributed by atoms with E-state index in [0.717, 1.165) is 10.9 Å². The predicted octanol–water partition coefficient (Wildman–Crippen LogP) is 1.76. The van der Waals surface area contributed by atoms with E-state index in [0.29, 0.717) is 5.69 Å². The van der Waals surface area contributed by atoms with E-state index in [1.165, 1.54) is 0 Å². The van der Waals surface area contributed by atoms with Crippen LogP contribution >= 0.6 is 7.52 Å². The van der Waals surface area contributed by atoms with Gasteiger partial charge in [0.2, 0.25) is 0 Å². The fourth-order valence-electron chi connectivity index (χ4n) is 2.37. The van der Waals surface area contributed by atoms with E-state index in [9.17, 15) is 19.0 Å². The fourth-order valence-corrected chi connectivity index (χ4v) is 3.84. The second-order valence-electron chi connectivity index (χ2n) is 5.26. The van der Waals surface area contributed by atoms with Crippen LogP contribution in [-0.2, 0) is 20.3 Å². The SMILES string of the molecule is O=C(O)CC(CC(=O)O)NP(=O)(O)Cc1cc2ccccc2[nH]1. The number of carboxylic acids is 2. The van der Waals surface area contributed by atoms with Crippen molar-refractivity contribution in [1.82, 2.24) is 10.1 Å². The van der Waals surface area contributed by atoms with Crippen LogP contribution < -0.4 is 5.09 Å². The van der Waals surface area contributed by atoms with Gasteiger partial charge in [0.25, 0.3) is 7.52 Å². The molecule has 0 aliphatic carbocycles. The summed E-state index contributed by atoms with van der Waals surface area (Å²) in [6.07, 6.45) is -1.36. The molecule has 0 fully saturated rings. The highest BCUT2D eigenvalue weighted by Gasteiger charge is 2.27. The van der Waals surface area contributed by atoms with Crippen LogP contribution in [-0.4, -0.2) is 38.1 Å². The standard InChI is InChI=1S/C14H17N2O6P/c17-13(18)6-10(7-14(19)20)16-23(21,22)8-11-5-9-3-1-2-4-12(9)15-11/h1-5,10,15H,6-8H2,(H,17,18)(H,19,20)(H2,16,21,22). The van der Waals surface area contributed by atoms with Crippen molar-refractivity contribution >= 4 is 30.4 Å². The second kappa shape index (κ2) is 6.95. The van der Waals surface area contributed by atoms with Gasteiger partial charge in [-0.3, -0.25) is 14.2 Å². The Kier molecular flexibility index (Phi) is 5.20. The molecule has 1 unspecified atom stereocenters. The predicted molar refractivity (Wildman–Crippen MR) is 83.3 cm³/mol. The zero-order valence-electron chi connectivity index (χ0n) is 12.1. The number of aromatic amines is 1. The van der Waals surface area contributed by atoms with E-state index in [-0.39, 0.29) is 6.16 Å². The smallest absolute Gasteiger partial charge is 0.304 e. The number of rotatable bonds is 8. The van der Waals surface area contributed by atoms with Crippen molar-refractivity contribution in [3.63, 3.8) is 0 Å². The summed E-state index contributed by atoms with van der Waals surface area (Å²) >= 11 is 0.